The number of halogens is 2. The zero-order valence-corrected chi connectivity index (χ0v) is 16.8. The lowest BCUT2D eigenvalue weighted by molar-refractivity contribution is 0.0662. The van der Waals surface area contributed by atoms with E-state index in [4.69, 9.17) is 26.8 Å². The van der Waals surface area contributed by atoms with Gasteiger partial charge in [0.2, 0.25) is 0 Å². The zero-order valence-electron chi connectivity index (χ0n) is 16.0. The molecule has 3 heterocycles. The molecule has 2 N–H and O–H groups in total. The van der Waals surface area contributed by atoms with Crippen LogP contribution < -0.4 is 10.5 Å². The van der Waals surface area contributed by atoms with Crippen LogP contribution in [0.5, 0.6) is 5.75 Å². The number of rotatable bonds is 5. The highest BCUT2D eigenvalue weighted by Crippen LogP contribution is 2.33. The topological polar surface area (TPSA) is 75.2 Å². The van der Waals surface area contributed by atoms with Gasteiger partial charge < -0.3 is 15.2 Å². The SMILES string of the molecule is CC(Oc1cc(-c2cnn(C3CCOCC3)c2)cnc1N)c1cc(F)ccc1Cl. The Balaban J connectivity index is 1.56. The molecule has 2 aromatic heterocycles. The van der Waals surface area contributed by atoms with E-state index in [9.17, 15) is 4.39 Å². The molecule has 4 rings (SSSR count). The maximum atomic E-state index is 13.6. The number of nitrogen functional groups attached to an aromatic ring is 1. The molecule has 0 amide bonds. The van der Waals surface area contributed by atoms with Crippen LogP contribution in [0.15, 0.2) is 42.9 Å². The Kier molecular flexibility index (Phi) is 5.69. The fraction of sp³-hybridized carbons (Fsp3) is 0.333. The molecule has 1 aromatic carbocycles. The first kappa shape index (κ1) is 19.7. The summed E-state index contributed by atoms with van der Waals surface area (Å²) in [4.78, 5) is 4.25. The van der Waals surface area contributed by atoms with Crippen molar-refractivity contribution in [3.8, 4) is 16.9 Å². The van der Waals surface area contributed by atoms with E-state index in [1.54, 1.807) is 19.3 Å². The van der Waals surface area contributed by atoms with E-state index >= 15 is 0 Å². The fourth-order valence-corrected chi connectivity index (χ4v) is 3.70. The third-order valence-corrected chi connectivity index (χ3v) is 5.43. The van der Waals surface area contributed by atoms with Gasteiger partial charge >= 0.3 is 0 Å². The molecular weight excluding hydrogens is 395 g/mol. The van der Waals surface area contributed by atoms with Crippen molar-refractivity contribution in [2.24, 2.45) is 0 Å². The van der Waals surface area contributed by atoms with Gasteiger partial charge in [-0.25, -0.2) is 9.37 Å². The smallest absolute Gasteiger partial charge is 0.166 e. The Morgan fingerprint density at radius 2 is 2.03 bits per heavy atom. The molecule has 1 aliphatic rings. The minimum absolute atomic E-state index is 0.255. The van der Waals surface area contributed by atoms with Crippen molar-refractivity contribution in [3.63, 3.8) is 0 Å². The number of aromatic nitrogens is 3. The lowest BCUT2D eigenvalue weighted by atomic mass is 10.1. The third-order valence-electron chi connectivity index (χ3n) is 5.08. The van der Waals surface area contributed by atoms with E-state index in [1.165, 1.54) is 18.2 Å². The van der Waals surface area contributed by atoms with E-state index in [-0.39, 0.29) is 11.6 Å². The minimum Gasteiger partial charge on any atom is -0.482 e. The molecule has 0 radical (unpaired) electrons. The summed E-state index contributed by atoms with van der Waals surface area (Å²) in [7, 11) is 0. The zero-order chi connectivity index (χ0) is 20.4. The molecule has 1 aliphatic heterocycles. The summed E-state index contributed by atoms with van der Waals surface area (Å²) in [5, 5.41) is 4.93. The van der Waals surface area contributed by atoms with E-state index < -0.39 is 6.10 Å². The molecule has 1 atom stereocenters. The molecule has 1 saturated heterocycles. The number of ether oxygens (including phenoxy) is 2. The number of hydrogen-bond donors (Lipinski definition) is 1. The van der Waals surface area contributed by atoms with Crippen LogP contribution >= 0.6 is 11.6 Å². The average Bonchev–Trinajstić information content (AvgIpc) is 3.22. The number of anilines is 1. The second kappa shape index (κ2) is 8.39. The highest BCUT2D eigenvalue weighted by atomic mass is 35.5. The van der Waals surface area contributed by atoms with Crippen molar-refractivity contribution in [1.82, 2.24) is 14.8 Å². The van der Waals surface area contributed by atoms with Gasteiger partial charge in [-0.1, -0.05) is 11.6 Å². The lowest BCUT2D eigenvalue weighted by Crippen LogP contribution is -2.19. The van der Waals surface area contributed by atoms with Crippen LogP contribution in [0.25, 0.3) is 11.1 Å². The summed E-state index contributed by atoms with van der Waals surface area (Å²) < 4.78 is 27.0. The molecule has 29 heavy (non-hydrogen) atoms. The van der Waals surface area contributed by atoms with Crippen molar-refractivity contribution in [2.75, 3.05) is 18.9 Å². The quantitative estimate of drug-likeness (QED) is 0.645. The van der Waals surface area contributed by atoms with Crippen molar-refractivity contribution >= 4 is 17.4 Å². The molecule has 1 unspecified atom stereocenters. The Morgan fingerprint density at radius 1 is 1.24 bits per heavy atom. The van der Waals surface area contributed by atoms with Crippen molar-refractivity contribution < 1.29 is 13.9 Å². The van der Waals surface area contributed by atoms with Gasteiger partial charge in [-0.2, -0.15) is 5.10 Å². The first-order valence-corrected chi connectivity index (χ1v) is 9.88. The second-order valence-corrected chi connectivity index (χ2v) is 7.49. The van der Waals surface area contributed by atoms with Gasteiger partial charge in [0.25, 0.3) is 0 Å². The maximum Gasteiger partial charge on any atom is 0.166 e. The second-order valence-electron chi connectivity index (χ2n) is 7.09. The van der Waals surface area contributed by atoms with Crippen LogP contribution in [-0.2, 0) is 4.74 Å². The summed E-state index contributed by atoms with van der Waals surface area (Å²) in [6, 6.07) is 6.33. The Hall–Kier alpha value is -2.64. The van der Waals surface area contributed by atoms with Crippen LogP contribution in [-0.4, -0.2) is 28.0 Å². The first-order valence-electron chi connectivity index (χ1n) is 9.50. The minimum atomic E-state index is -0.498. The van der Waals surface area contributed by atoms with E-state index in [2.05, 4.69) is 10.1 Å². The maximum absolute atomic E-state index is 13.6. The summed E-state index contributed by atoms with van der Waals surface area (Å²) >= 11 is 6.19. The van der Waals surface area contributed by atoms with Gasteiger partial charge in [-0.05, 0) is 44.0 Å². The van der Waals surface area contributed by atoms with Gasteiger partial charge in [-0.3, -0.25) is 4.68 Å². The van der Waals surface area contributed by atoms with Gasteiger partial charge in [0.1, 0.15) is 11.9 Å². The predicted molar refractivity (Wildman–Crippen MR) is 109 cm³/mol. The Bertz CT molecular complexity index is 1000. The van der Waals surface area contributed by atoms with Gasteiger partial charge in [0.05, 0.1) is 12.2 Å². The van der Waals surface area contributed by atoms with Crippen molar-refractivity contribution in [2.45, 2.75) is 31.9 Å². The van der Waals surface area contributed by atoms with Crippen molar-refractivity contribution in [1.29, 1.82) is 0 Å². The average molecular weight is 417 g/mol. The lowest BCUT2D eigenvalue weighted by Gasteiger charge is -2.22. The number of benzene rings is 1. The molecular formula is C21H22ClFN4O2. The van der Waals surface area contributed by atoms with E-state index in [0.29, 0.717) is 22.4 Å². The third kappa shape index (κ3) is 4.36. The molecule has 152 valence electrons. The monoisotopic (exact) mass is 416 g/mol. The van der Waals surface area contributed by atoms with Crippen LogP contribution in [0.3, 0.4) is 0 Å². The van der Waals surface area contributed by atoms with Gasteiger partial charge in [0, 0.05) is 47.3 Å². The van der Waals surface area contributed by atoms with E-state index in [1.807, 2.05) is 16.9 Å². The summed E-state index contributed by atoms with van der Waals surface area (Å²) in [5.74, 6) is 0.291. The summed E-state index contributed by atoms with van der Waals surface area (Å²) in [5.41, 5.74) is 8.31. The molecule has 0 spiro atoms. The molecule has 0 aliphatic carbocycles. The predicted octanol–water partition coefficient (Wildman–Crippen LogP) is 4.81. The number of nitrogens with zero attached hydrogens (tertiary/aromatic N) is 3. The fourth-order valence-electron chi connectivity index (χ4n) is 3.42. The molecule has 6 nitrogen and oxygen atoms in total. The summed E-state index contributed by atoms with van der Waals surface area (Å²) in [6.45, 7) is 3.29. The van der Waals surface area contributed by atoms with Gasteiger partial charge in [-0.15, -0.1) is 0 Å². The van der Waals surface area contributed by atoms with Crippen LogP contribution in [0, 0.1) is 5.82 Å². The molecule has 3 aromatic rings. The Labute approximate surface area is 173 Å². The number of pyridine rings is 1. The van der Waals surface area contributed by atoms with Gasteiger partial charge in [0.15, 0.2) is 11.6 Å². The van der Waals surface area contributed by atoms with Crippen molar-refractivity contribution in [3.05, 3.63) is 59.3 Å². The molecule has 0 bridgehead atoms. The van der Waals surface area contributed by atoms with E-state index in [0.717, 1.165) is 37.2 Å². The largest absolute Gasteiger partial charge is 0.482 e. The molecule has 8 heteroatoms. The van der Waals surface area contributed by atoms with Crippen LogP contribution in [0.4, 0.5) is 10.2 Å². The van der Waals surface area contributed by atoms with Crippen LogP contribution in [0.2, 0.25) is 5.02 Å². The standard InChI is InChI=1S/C21H22ClFN4O2/c1-13(18-9-16(23)2-3-19(18)22)29-20-8-14(10-25-21(20)24)15-11-26-27(12-15)17-4-6-28-7-5-17/h2-3,8-13,17H,4-7H2,1H3,(H2,24,25). The Morgan fingerprint density at radius 3 is 2.83 bits per heavy atom. The molecule has 0 saturated carbocycles. The van der Waals surface area contributed by atoms with Crippen LogP contribution in [0.1, 0.15) is 37.5 Å². The summed E-state index contributed by atoms with van der Waals surface area (Å²) in [6.07, 6.45) is 6.89. The number of hydrogen-bond acceptors (Lipinski definition) is 5. The molecule has 1 fully saturated rings. The highest BCUT2D eigenvalue weighted by molar-refractivity contribution is 6.31. The first-order chi connectivity index (χ1) is 14.0. The highest BCUT2D eigenvalue weighted by Gasteiger charge is 2.18. The normalized spacial score (nSPS) is 16.0. The number of nitrogens with two attached hydrogens (primary N) is 1.